The lowest BCUT2D eigenvalue weighted by atomic mass is 10.2. The van der Waals surface area contributed by atoms with Crippen molar-refractivity contribution in [3.05, 3.63) is 64.9 Å². The molecule has 2 aromatic carbocycles. The van der Waals surface area contributed by atoms with E-state index in [4.69, 9.17) is 16.3 Å². The van der Waals surface area contributed by atoms with E-state index >= 15 is 0 Å². The molecule has 2 N–H and O–H groups in total. The average molecular weight is 323 g/mol. The molecule has 0 aromatic heterocycles. The van der Waals surface area contributed by atoms with E-state index in [0.29, 0.717) is 10.8 Å². The van der Waals surface area contributed by atoms with Crippen molar-refractivity contribution in [3.8, 4) is 5.75 Å². The molecule has 22 heavy (non-hydrogen) atoms. The van der Waals surface area contributed by atoms with E-state index in [1.54, 1.807) is 24.3 Å². The van der Waals surface area contributed by atoms with Gasteiger partial charge in [0.2, 0.25) is 0 Å². The van der Waals surface area contributed by atoms with Crippen LogP contribution in [0.2, 0.25) is 5.02 Å². The van der Waals surface area contributed by atoms with Gasteiger partial charge in [0.15, 0.2) is 6.61 Å². The molecule has 0 spiro atoms. The Balaban J connectivity index is 1.79. The van der Waals surface area contributed by atoms with Gasteiger partial charge in [-0.2, -0.15) is 0 Å². The molecule has 0 saturated carbocycles. The fourth-order valence-electron chi connectivity index (χ4n) is 1.54. The second-order valence-electron chi connectivity index (χ2n) is 4.23. The molecule has 5 nitrogen and oxygen atoms in total. The summed E-state index contributed by atoms with van der Waals surface area (Å²) in [5, 5.41) is 0.380. The summed E-state index contributed by atoms with van der Waals surface area (Å²) in [5.74, 6) is -1.21. The highest BCUT2D eigenvalue weighted by Crippen LogP contribution is 2.22. The maximum atomic E-state index is 12.7. The molecule has 7 heteroatoms. The van der Waals surface area contributed by atoms with Crippen LogP contribution in [0.1, 0.15) is 10.4 Å². The lowest BCUT2D eigenvalue weighted by molar-refractivity contribution is -0.123. The summed E-state index contributed by atoms with van der Waals surface area (Å²) in [7, 11) is 0. The normalized spacial score (nSPS) is 9.91. The van der Waals surface area contributed by atoms with Gasteiger partial charge in [-0.1, -0.05) is 23.7 Å². The molecule has 0 aliphatic rings. The molecule has 0 saturated heterocycles. The molecule has 0 aliphatic heterocycles. The molecule has 0 atom stereocenters. The van der Waals surface area contributed by atoms with Crippen molar-refractivity contribution < 1.29 is 18.7 Å². The molecule has 2 aromatic rings. The number of hydrogen-bond acceptors (Lipinski definition) is 3. The summed E-state index contributed by atoms with van der Waals surface area (Å²) in [6.07, 6.45) is 0. The maximum Gasteiger partial charge on any atom is 0.276 e. The number of para-hydroxylation sites is 1. The molecule has 0 unspecified atom stereocenters. The van der Waals surface area contributed by atoms with Crippen LogP contribution in [-0.4, -0.2) is 18.4 Å². The molecule has 114 valence electrons. The highest BCUT2D eigenvalue weighted by molar-refractivity contribution is 6.32. The van der Waals surface area contributed by atoms with Gasteiger partial charge >= 0.3 is 0 Å². The zero-order valence-electron chi connectivity index (χ0n) is 11.3. The number of carbonyl (C=O) groups is 2. The van der Waals surface area contributed by atoms with Crippen LogP contribution in [0.4, 0.5) is 4.39 Å². The highest BCUT2D eigenvalue weighted by atomic mass is 35.5. The van der Waals surface area contributed by atoms with Crippen molar-refractivity contribution in [2.75, 3.05) is 6.61 Å². The number of benzene rings is 2. The topological polar surface area (TPSA) is 67.4 Å². The van der Waals surface area contributed by atoms with Gasteiger partial charge in [-0.3, -0.25) is 20.4 Å². The Hall–Kier alpha value is -2.60. The second kappa shape index (κ2) is 7.42. The van der Waals surface area contributed by atoms with E-state index in [0.717, 1.165) is 12.1 Å². The van der Waals surface area contributed by atoms with Gasteiger partial charge < -0.3 is 4.74 Å². The zero-order chi connectivity index (χ0) is 15.9. The van der Waals surface area contributed by atoms with Crippen LogP contribution in [0.15, 0.2) is 48.5 Å². The minimum absolute atomic E-state index is 0.216. The molecular weight excluding hydrogens is 311 g/mol. The third kappa shape index (κ3) is 4.46. The van der Waals surface area contributed by atoms with Gasteiger partial charge in [-0.25, -0.2) is 4.39 Å². The van der Waals surface area contributed by atoms with E-state index in [1.165, 1.54) is 12.1 Å². The maximum absolute atomic E-state index is 12.7. The number of hydrazine groups is 1. The largest absolute Gasteiger partial charge is 0.482 e. The number of carbonyl (C=O) groups excluding carboxylic acids is 2. The lowest BCUT2D eigenvalue weighted by Gasteiger charge is -2.09. The van der Waals surface area contributed by atoms with E-state index in [9.17, 15) is 14.0 Å². The number of hydrogen-bond donors (Lipinski definition) is 2. The van der Waals surface area contributed by atoms with Gasteiger partial charge in [0.1, 0.15) is 11.6 Å². The Kier molecular flexibility index (Phi) is 5.32. The van der Waals surface area contributed by atoms with E-state index in [-0.39, 0.29) is 12.2 Å². The van der Waals surface area contributed by atoms with Crippen LogP contribution in [0.25, 0.3) is 0 Å². The van der Waals surface area contributed by atoms with E-state index in [2.05, 4.69) is 10.9 Å². The molecule has 0 aliphatic carbocycles. The van der Waals surface area contributed by atoms with Gasteiger partial charge in [0, 0.05) is 5.56 Å². The summed E-state index contributed by atoms with van der Waals surface area (Å²) in [6, 6.07) is 11.6. The molecule has 2 amide bonds. The quantitative estimate of drug-likeness (QED) is 0.849. The summed E-state index contributed by atoms with van der Waals surface area (Å²) >= 11 is 5.87. The Morgan fingerprint density at radius 2 is 1.73 bits per heavy atom. The number of ether oxygens (including phenoxy) is 1. The summed E-state index contributed by atoms with van der Waals surface area (Å²) in [6.45, 7) is -0.312. The molecule has 0 bridgehead atoms. The van der Waals surface area contributed by atoms with Crippen molar-refractivity contribution in [1.29, 1.82) is 0 Å². The van der Waals surface area contributed by atoms with Crippen molar-refractivity contribution >= 4 is 23.4 Å². The first kappa shape index (κ1) is 15.8. The summed E-state index contributed by atoms with van der Waals surface area (Å²) in [4.78, 5) is 23.2. The van der Waals surface area contributed by atoms with Crippen LogP contribution in [0.5, 0.6) is 5.75 Å². The number of nitrogens with one attached hydrogen (secondary N) is 2. The Morgan fingerprint density at radius 3 is 2.41 bits per heavy atom. The summed E-state index contributed by atoms with van der Waals surface area (Å²) < 4.78 is 17.9. The Labute approximate surface area is 131 Å². The smallest absolute Gasteiger partial charge is 0.276 e. The average Bonchev–Trinajstić information content (AvgIpc) is 2.52. The lowest BCUT2D eigenvalue weighted by Crippen LogP contribution is -2.43. The fourth-order valence-corrected chi connectivity index (χ4v) is 1.73. The van der Waals surface area contributed by atoms with Crippen LogP contribution < -0.4 is 15.6 Å². The van der Waals surface area contributed by atoms with E-state index in [1.807, 2.05) is 0 Å². The first-order valence-corrected chi connectivity index (χ1v) is 6.66. The van der Waals surface area contributed by atoms with Crippen LogP contribution >= 0.6 is 11.6 Å². The number of rotatable bonds is 4. The molecule has 0 fully saturated rings. The summed E-state index contributed by atoms with van der Waals surface area (Å²) in [5.41, 5.74) is 4.60. The molecule has 0 radical (unpaired) electrons. The van der Waals surface area contributed by atoms with Crippen LogP contribution in [0.3, 0.4) is 0 Å². The minimum Gasteiger partial charge on any atom is -0.482 e. The number of halogens is 2. The third-order valence-electron chi connectivity index (χ3n) is 2.62. The van der Waals surface area contributed by atoms with Gasteiger partial charge in [-0.05, 0) is 36.4 Å². The van der Waals surface area contributed by atoms with Crippen LogP contribution in [0, 0.1) is 5.82 Å². The van der Waals surface area contributed by atoms with Gasteiger partial charge in [-0.15, -0.1) is 0 Å². The zero-order valence-corrected chi connectivity index (χ0v) is 12.1. The highest BCUT2D eigenvalue weighted by Gasteiger charge is 2.08. The van der Waals surface area contributed by atoms with Gasteiger partial charge in [0.05, 0.1) is 5.02 Å². The molecule has 2 rings (SSSR count). The monoisotopic (exact) mass is 322 g/mol. The van der Waals surface area contributed by atoms with Crippen molar-refractivity contribution in [1.82, 2.24) is 10.9 Å². The SMILES string of the molecule is O=C(COc1ccccc1Cl)NNC(=O)c1ccc(F)cc1. The van der Waals surface area contributed by atoms with Crippen LogP contribution in [-0.2, 0) is 4.79 Å². The van der Waals surface area contributed by atoms with Gasteiger partial charge in [0.25, 0.3) is 11.8 Å². The number of amides is 2. The minimum atomic E-state index is -0.564. The first-order valence-electron chi connectivity index (χ1n) is 6.28. The molecular formula is C15H12ClFN2O3. The van der Waals surface area contributed by atoms with Crippen molar-refractivity contribution in [3.63, 3.8) is 0 Å². The third-order valence-corrected chi connectivity index (χ3v) is 2.93. The van der Waals surface area contributed by atoms with E-state index < -0.39 is 17.6 Å². The van der Waals surface area contributed by atoms with Crippen molar-refractivity contribution in [2.45, 2.75) is 0 Å². The first-order chi connectivity index (χ1) is 10.6. The Bertz CT molecular complexity index is 677. The second-order valence-corrected chi connectivity index (χ2v) is 4.64. The molecule has 0 heterocycles. The predicted octanol–water partition coefficient (Wildman–Crippen LogP) is 2.32. The predicted molar refractivity (Wildman–Crippen MR) is 79.0 cm³/mol. The Morgan fingerprint density at radius 1 is 1.05 bits per heavy atom. The van der Waals surface area contributed by atoms with Crippen molar-refractivity contribution in [2.24, 2.45) is 0 Å². The standard InChI is InChI=1S/C15H12ClFN2O3/c16-12-3-1-2-4-13(12)22-9-14(20)18-19-15(21)10-5-7-11(17)8-6-10/h1-8H,9H2,(H,18,20)(H,19,21). The fraction of sp³-hybridized carbons (Fsp3) is 0.0667.